The summed E-state index contributed by atoms with van der Waals surface area (Å²) in [7, 11) is 1.52. The summed E-state index contributed by atoms with van der Waals surface area (Å²) in [5.41, 5.74) is 2.28. The molecule has 5 nitrogen and oxygen atoms in total. The van der Waals surface area contributed by atoms with Crippen molar-refractivity contribution >= 4 is 17.5 Å². The van der Waals surface area contributed by atoms with Crippen molar-refractivity contribution in [3.8, 4) is 5.75 Å². The lowest BCUT2D eigenvalue weighted by atomic mass is 10.2. The van der Waals surface area contributed by atoms with E-state index in [-0.39, 0.29) is 24.8 Å². The summed E-state index contributed by atoms with van der Waals surface area (Å²) >= 11 is 0. The second-order valence-electron chi connectivity index (χ2n) is 5.12. The number of methoxy groups -OCH3 is 1. The number of aryl methyl sites for hydroxylation is 1. The third-order valence-electron chi connectivity index (χ3n) is 3.29. The quantitative estimate of drug-likeness (QED) is 0.862. The number of carbonyl (C=O) groups excluding carboxylic acids is 2. The van der Waals surface area contributed by atoms with E-state index in [0.717, 1.165) is 11.3 Å². The summed E-state index contributed by atoms with van der Waals surface area (Å²) in [6, 6.07) is 14.5. The number of ether oxygens (including phenoxy) is 1. The highest BCUT2D eigenvalue weighted by molar-refractivity contribution is 5.97. The van der Waals surface area contributed by atoms with Crippen molar-refractivity contribution in [3.05, 3.63) is 59.7 Å². The van der Waals surface area contributed by atoms with Gasteiger partial charge in [-0.05, 0) is 36.8 Å². The maximum Gasteiger partial charge on any atom is 0.255 e. The van der Waals surface area contributed by atoms with Crippen LogP contribution < -0.4 is 15.4 Å². The lowest BCUT2D eigenvalue weighted by molar-refractivity contribution is -0.116. The summed E-state index contributed by atoms with van der Waals surface area (Å²) in [6.45, 7) is 2.22. The van der Waals surface area contributed by atoms with Gasteiger partial charge in [-0.15, -0.1) is 0 Å². The van der Waals surface area contributed by atoms with Gasteiger partial charge in [0.1, 0.15) is 5.75 Å². The Bertz CT molecular complexity index is 698. The van der Waals surface area contributed by atoms with Gasteiger partial charge >= 0.3 is 0 Å². The van der Waals surface area contributed by atoms with Crippen LogP contribution >= 0.6 is 0 Å². The highest BCUT2D eigenvalue weighted by Gasteiger charge is 2.11. The van der Waals surface area contributed by atoms with Gasteiger partial charge in [-0.25, -0.2) is 0 Å². The number of carbonyl (C=O) groups is 2. The molecule has 2 rings (SSSR count). The van der Waals surface area contributed by atoms with Crippen LogP contribution in [0.5, 0.6) is 5.75 Å². The fourth-order valence-electron chi connectivity index (χ4n) is 2.16. The van der Waals surface area contributed by atoms with Gasteiger partial charge < -0.3 is 15.4 Å². The maximum atomic E-state index is 12.1. The Hall–Kier alpha value is -2.82. The first-order valence-corrected chi connectivity index (χ1v) is 7.38. The van der Waals surface area contributed by atoms with Crippen molar-refractivity contribution in [1.82, 2.24) is 5.32 Å². The van der Waals surface area contributed by atoms with Gasteiger partial charge in [-0.3, -0.25) is 9.59 Å². The Kier molecular flexibility index (Phi) is 5.74. The molecule has 0 bridgehead atoms. The summed E-state index contributed by atoms with van der Waals surface area (Å²) < 4.78 is 5.14. The number of amides is 2. The summed E-state index contributed by atoms with van der Waals surface area (Å²) in [6.07, 6.45) is 0.203. The number of benzene rings is 2. The molecule has 0 saturated carbocycles. The van der Waals surface area contributed by atoms with Crippen molar-refractivity contribution in [3.63, 3.8) is 0 Å². The van der Waals surface area contributed by atoms with Gasteiger partial charge in [0, 0.05) is 18.7 Å². The largest absolute Gasteiger partial charge is 0.496 e. The zero-order chi connectivity index (χ0) is 16.7. The van der Waals surface area contributed by atoms with E-state index < -0.39 is 0 Å². The van der Waals surface area contributed by atoms with Crippen LogP contribution in [0.4, 0.5) is 5.69 Å². The first-order valence-electron chi connectivity index (χ1n) is 7.38. The number of hydrogen-bond acceptors (Lipinski definition) is 3. The monoisotopic (exact) mass is 312 g/mol. The zero-order valence-electron chi connectivity index (χ0n) is 13.3. The van der Waals surface area contributed by atoms with Crippen LogP contribution in [0.25, 0.3) is 0 Å². The van der Waals surface area contributed by atoms with Gasteiger partial charge in [0.25, 0.3) is 5.91 Å². The molecule has 0 aliphatic carbocycles. The minimum atomic E-state index is -0.259. The third-order valence-corrected chi connectivity index (χ3v) is 3.29. The molecule has 0 spiro atoms. The van der Waals surface area contributed by atoms with E-state index in [9.17, 15) is 9.59 Å². The van der Waals surface area contributed by atoms with E-state index in [1.165, 1.54) is 7.11 Å². The van der Waals surface area contributed by atoms with Gasteiger partial charge in [0.15, 0.2) is 0 Å². The molecule has 2 amide bonds. The molecule has 23 heavy (non-hydrogen) atoms. The first-order chi connectivity index (χ1) is 11.1. The van der Waals surface area contributed by atoms with Crippen LogP contribution in [-0.2, 0) is 4.79 Å². The Morgan fingerprint density at radius 3 is 2.61 bits per heavy atom. The standard InChI is InChI=1S/C18H20N2O3/c1-13-6-5-7-14(12-13)20-17(21)10-11-19-18(22)15-8-3-4-9-16(15)23-2/h3-9,12H,10-11H2,1-2H3,(H,19,22)(H,20,21). The Morgan fingerprint density at radius 1 is 1.09 bits per heavy atom. The topological polar surface area (TPSA) is 67.4 Å². The van der Waals surface area contributed by atoms with Crippen LogP contribution in [0.15, 0.2) is 48.5 Å². The number of anilines is 1. The fraction of sp³-hybridized carbons (Fsp3) is 0.222. The Balaban J connectivity index is 1.82. The molecule has 5 heteroatoms. The second kappa shape index (κ2) is 7.98. The smallest absolute Gasteiger partial charge is 0.255 e. The molecule has 0 atom stereocenters. The van der Waals surface area contributed by atoms with E-state index in [2.05, 4.69) is 10.6 Å². The number of rotatable bonds is 6. The van der Waals surface area contributed by atoms with Gasteiger partial charge in [0.2, 0.25) is 5.91 Å². The van der Waals surface area contributed by atoms with E-state index in [1.54, 1.807) is 24.3 Å². The average Bonchev–Trinajstić information content (AvgIpc) is 2.54. The number of nitrogens with one attached hydrogen (secondary N) is 2. The molecule has 2 aromatic carbocycles. The minimum Gasteiger partial charge on any atom is -0.496 e. The second-order valence-corrected chi connectivity index (χ2v) is 5.12. The molecular weight excluding hydrogens is 292 g/mol. The molecule has 0 heterocycles. The predicted molar refractivity (Wildman–Crippen MR) is 89.8 cm³/mol. The highest BCUT2D eigenvalue weighted by atomic mass is 16.5. The summed E-state index contributed by atoms with van der Waals surface area (Å²) in [5.74, 6) is 0.107. The van der Waals surface area contributed by atoms with Gasteiger partial charge in [-0.1, -0.05) is 24.3 Å². The van der Waals surface area contributed by atoms with Crippen molar-refractivity contribution in [2.45, 2.75) is 13.3 Å². The zero-order valence-corrected chi connectivity index (χ0v) is 13.3. The predicted octanol–water partition coefficient (Wildman–Crippen LogP) is 2.76. The van der Waals surface area contributed by atoms with Crippen molar-refractivity contribution in [2.24, 2.45) is 0 Å². The van der Waals surface area contributed by atoms with Crippen LogP contribution in [0.1, 0.15) is 22.3 Å². The number of para-hydroxylation sites is 1. The average molecular weight is 312 g/mol. The van der Waals surface area contributed by atoms with Crippen LogP contribution in [0.3, 0.4) is 0 Å². The number of hydrogen-bond donors (Lipinski definition) is 2. The molecule has 0 radical (unpaired) electrons. The molecule has 2 N–H and O–H groups in total. The highest BCUT2D eigenvalue weighted by Crippen LogP contribution is 2.16. The molecule has 120 valence electrons. The SMILES string of the molecule is COc1ccccc1C(=O)NCCC(=O)Nc1cccc(C)c1. The molecule has 0 unspecified atom stereocenters. The maximum absolute atomic E-state index is 12.1. The van der Waals surface area contributed by atoms with E-state index in [4.69, 9.17) is 4.74 Å². The molecular formula is C18H20N2O3. The summed E-state index contributed by atoms with van der Waals surface area (Å²) in [4.78, 5) is 24.0. The van der Waals surface area contributed by atoms with Crippen molar-refractivity contribution < 1.29 is 14.3 Å². The molecule has 0 aliphatic heterocycles. The minimum absolute atomic E-state index is 0.143. The lowest BCUT2D eigenvalue weighted by Crippen LogP contribution is -2.28. The first kappa shape index (κ1) is 16.5. The van der Waals surface area contributed by atoms with E-state index in [1.807, 2.05) is 31.2 Å². The molecule has 0 aliphatic rings. The van der Waals surface area contributed by atoms with E-state index >= 15 is 0 Å². The Morgan fingerprint density at radius 2 is 1.87 bits per heavy atom. The third kappa shape index (κ3) is 4.85. The van der Waals surface area contributed by atoms with E-state index in [0.29, 0.717) is 11.3 Å². The normalized spacial score (nSPS) is 10.0. The van der Waals surface area contributed by atoms with Crippen LogP contribution in [0.2, 0.25) is 0 Å². The van der Waals surface area contributed by atoms with Gasteiger partial charge in [0.05, 0.1) is 12.7 Å². The Labute approximate surface area is 135 Å². The summed E-state index contributed by atoms with van der Waals surface area (Å²) in [5, 5.41) is 5.53. The fourth-order valence-corrected chi connectivity index (χ4v) is 2.16. The molecule has 0 fully saturated rings. The van der Waals surface area contributed by atoms with Crippen molar-refractivity contribution in [1.29, 1.82) is 0 Å². The molecule has 2 aromatic rings. The van der Waals surface area contributed by atoms with Crippen molar-refractivity contribution in [2.75, 3.05) is 19.0 Å². The van der Waals surface area contributed by atoms with Gasteiger partial charge in [-0.2, -0.15) is 0 Å². The molecule has 0 aromatic heterocycles. The molecule has 0 saturated heterocycles. The van der Waals surface area contributed by atoms with Crippen LogP contribution in [-0.4, -0.2) is 25.5 Å². The van der Waals surface area contributed by atoms with Crippen LogP contribution in [0, 0.1) is 6.92 Å². The lowest BCUT2D eigenvalue weighted by Gasteiger charge is -2.09.